The Morgan fingerprint density at radius 1 is 1.62 bits per heavy atom. The third kappa shape index (κ3) is 2.66. The maximum absolute atomic E-state index is 10.2. The van der Waals surface area contributed by atoms with Gasteiger partial charge in [-0.2, -0.15) is 0 Å². The minimum Gasteiger partial charge on any atom is -0.480 e. The zero-order valence-corrected chi connectivity index (χ0v) is 7.37. The lowest BCUT2D eigenvalue weighted by Gasteiger charge is -2.05. The van der Waals surface area contributed by atoms with Gasteiger partial charge < -0.3 is 16.2 Å². The van der Waals surface area contributed by atoms with Gasteiger partial charge in [-0.15, -0.1) is 0 Å². The summed E-state index contributed by atoms with van der Waals surface area (Å²) in [5.74, 6) is -0.890. The first-order chi connectivity index (χ1) is 6.09. The fraction of sp³-hybridized carbons (Fsp3) is 0.222. The molecule has 1 aromatic rings. The quantitative estimate of drug-likeness (QED) is 0.608. The molecule has 4 nitrogen and oxygen atoms in total. The van der Waals surface area contributed by atoms with Crippen LogP contribution >= 0.6 is 0 Å². The summed E-state index contributed by atoms with van der Waals surface area (Å²) in [5.41, 5.74) is 8.02. The normalized spacial score (nSPS) is 9.62. The summed E-state index contributed by atoms with van der Waals surface area (Å²) < 4.78 is 0. The Kier molecular flexibility index (Phi) is 2.74. The fourth-order valence-electron chi connectivity index (χ4n) is 0.928. The van der Waals surface area contributed by atoms with Crippen molar-refractivity contribution in [2.75, 3.05) is 17.6 Å². The van der Waals surface area contributed by atoms with Crippen LogP contribution in [-0.2, 0) is 4.79 Å². The molecule has 0 bridgehead atoms. The van der Waals surface area contributed by atoms with Crippen LogP contribution in [0.3, 0.4) is 0 Å². The monoisotopic (exact) mass is 180 g/mol. The van der Waals surface area contributed by atoms with Crippen LogP contribution in [0.1, 0.15) is 5.56 Å². The Morgan fingerprint density at radius 3 is 2.85 bits per heavy atom. The second-order valence-electron chi connectivity index (χ2n) is 2.82. The third-order valence-corrected chi connectivity index (χ3v) is 1.72. The molecule has 0 aliphatic heterocycles. The van der Waals surface area contributed by atoms with Crippen molar-refractivity contribution in [2.45, 2.75) is 6.92 Å². The van der Waals surface area contributed by atoms with Gasteiger partial charge in [0.25, 0.3) is 0 Å². The largest absolute Gasteiger partial charge is 0.480 e. The van der Waals surface area contributed by atoms with E-state index in [0.717, 1.165) is 11.3 Å². The summed E-state index contributed by atoms with van der Waals surface area (Å²) in [6.45, 7) is 1.80. The summed E-state index contributed by atoms with van der Waals surface area (Å²) in [4.78, 5) is 10.2. The molecule has 0 aliphatic rings. The van der Waals surface area contributed by atoms with E-state index in [2.05, 4.69) is 5.32 Å². The predicted octanol–water partition coefficient (Wildman–Crippen LogP) is 1.07. The van der Waals surface area contributed by atoms with E-state index in [-0.39, 0.29) is 6.54 Å². The molecule has 1 rings (SSSR count). The highest BCUT2D eigenvalue weighted by atomic mass is 16.4. The summed E-state index contributed by atoms with van der Waals surface area (Å²) in [5, 5.41) is 11.1. The predicted molar refractivity (Wildman–Crippen MR) is 51.7 cm³/mol. The lowest BCUT2D eigenvalue weighted by molar-refractivity contribution is -0.134. The molecule has 0 amide bonds. The number of carboxylic acid groups (broad SMARTS) is 1. The number of aliphatic carboxylic acids is 1. The molecule has 0 fully saturated rings. The maximum atomic E-state index is 10.2. The van der Waals surface area contributed by atoms with Gasteiger partial charge in [-0.1, -0.05) is 6.07 Å². The summed E-state index contributed by atoms with van der Waals surface area (Å²) in [6.07, 6.45) is 0. The third-order valence-electron chi connectivity index (χ3n) is 1.72. The van der Waals surface area contributed by atoms with E-state index >= 15 is 0 Å². The van der Waals surface area contributed by atoms with Crippen LogP contribution in [0.2, 0.25) is 0 Å². The first-order valence-corrected chi connectivity index (χ1v) is 3.91. The van der Waals surface area contributed by atoms with E-state index in [9.17, 15) is 4.79 Å². The van der Waals surface area contributed by atoms with Gasteiger partial charge in [0.15, 0.2) is 0 Å². The van der Waals surface area contributed by atoms with Crippen LogP contribution in [0.4, 0.5) is 11.4 Å². The van der Waals surface area contributed by atoms with Crippen LogP contribution in [-0.4, -0.2) is 17.6 Å². The Labute approximate surface area is 76.4 Å². The highest BCUT2D eigenvalue weighted by molar-refractivity contribution is 5.73. The molecule has 0 spiro atoms. The Bertz CT molecular complexity index is 323. The minimum atomic E-state index is -0.890. The van der Waals surface area contributed by atoms with Crippen molar-refractivity contribution in [3.8, 4) is 0 Å². The standard InChI is InChI=1S/C9H12N2O2/c1-6-2-3-7(4-8(6)10)11-5-9(12)13/h2-4,11H,5,10H2,1H3,(H,12,13). The number of hydrogen-bond acceptors (Lipinski definition) is 3. The number of carboxylic acids is 1. The van der Waals surface area contributed by atoms with E-state index in [4.69, 9.17) is 10.8 Å². The Hall–Kier alpha value is -1.71. The van der Waals surface area contributed by atoms with Crippen LogP contribution in [0.5, 0.6) is 0 Å². The van der Waals surface area contributed by atoms with Crippen LogP contribution in [0, 0.1) is 6.92 Å². The topological polar surface area (TPSA) is 75.3 Å². The number of nitrogen functional groups attached to an aromatic ring is 1. The van der Waals surface area contributed by atoms with Crippen LogP contribution in [0.15, 0.2) is 18.2 Å². The van der Waals surface area contributed by atoms with Crippen molar-refractivity contribution < 1.29 is 9.90 Å². The van der Waals surface area contributed by atoms with E-state index in [0.29, 0.717) is 5.69 Å². The second kappa shape index (κ2) is 3.80. The van der Waals surface area contributed by atoms with Gasteiger partial charge in [-0.3, -0.25) is 4.79 Å². The Morgan fingerprint density at radius 2 is 2.31 bits per heavy atom. The number of carbonyl (C=O) groups is 1. The van der Waals surface area contributed by atoms with Crippen molar-refractivity contribution in [2.24, 2.45) is 0 Å². The molecule has 70 valence electrons. The highest BCUT2D eigenvalue weighted by Gasteiger charge is 1.98. The van der Waals surface area contributed by atoms with E-state index < -0.39 is 5.97 Å². The molecule has 4 N–H and O–H groups in total. The van der Waals surface area contributed by atoms with Crippen LogP contribution in [0.25, 0.3) is 0 Å². The summed E-state index contributed by atoms with van der Waals surface area (Å²) in [7, 11) is 0. The molecule has 0 saturated carbocycles. The average molecular weight is 180 g/mol. The SMILES string of the molecule is Cc1ccc(NCC(=O)O)cc1N. The molecule has 0 unspecified atom stereocenters. The number of benzene rings is 1. The number of nitrogens with one attached hydrogen (secondary N) is 1. The lowest BCUT2D eigenvalue weighted by atomic mass is 10.2. The molecule has 0 aromatic heterocycles. The van der Waals surface area contributed by atoms with Crippen molar-refractivity contribution in [3.63, 3.8) is 0 Å². The number of hydrogen-bond donors (Lipinski definition) is 3. The second-order valence-corrected chi connectivity index (χ2v) is 2.82. The molecule has 13 heavy (non-hydrogen) atoms. The summed E-state index contributed by atoms with van der Waals surface area (Å²) in [6, 6.07) is 5.37. The molecule has 0 saturated heterocycles. The van der Waals surface area contributed by atoms with Crippen molar-refractivity contribution in [1.82, 2.24) is 0 Å². The molecule has 1 aromatic carbocycles. The number of rotatable bonds is 3. The van der Waals surface area contributed by atoms with E-state index in [1.807, 2.05) is 13.0 Å². The zero-order valence-electron chi connectivity index (χ0n) is 7.37. The van der Waals surface area contributed by atoms with Gasteiger partial charge in [-0.25, -0.2) is 0 Å². The number of anilines is 2. The molecule has 0 radical (unpaired) electrons. The molecule has 0 heterocycles. The van der Waals surface area contributed by atoms with Gasteiger partial charge in [0, 0.05) is 11.4 Å². The molecule has 4 heteroatoms. The van der Waals surface area contributed by atoms with Crippen molar-refractivity contribution >= 4 is 17.3 Å². The lowest BCUT2D eigenvalue weighted by Crippen LogP contribution is -2.12. The smallest absolute Gasteiger partial charge is 0.322 e. The number of aryl methyl sites for hydroxylation is 1. The van der Waals surface area contributed by atoms with Gasteiger partial charge in [-0.05, 0) is 24.6 Å². The van der Waals surface area contributed by atoms with Crippen molar-refractivity contribution in [1.29, 1.82) is 0 Å². The zero-order chi connectivity index (χ0) is 9.84. The first kappa shape index (κ1) is 9.38. The molecular formula is C9H12N2O2. The average Bonchev–Trinajstić information content (AvgIpc) is 2.07. The number of nitrogens with two attached hydrogens (primary N) is 1. The summed E-state index contributed by atoms with van der Waals surface area (Å²) >= 11 is 0. The van der Waals surface area contributed by atoms with E-state index in [1.54, 1.807) is 12.1 Å². The fourth-order valence-corrected chi connectivity index (χ4v) is 0.928. The van der Waals surface area contributed by atoms with Crippen molar-refractivity contribution in [3.05, 3.63) is 23.8 Å². The van der Waals surface area contributed by atoms with Gasteiger partial charge >= 0.3 is 5.97 Å². The first-order valence-electron chi connectivity index (χ1n) is 3.91. The van der Waals surface area contributed by atoms with Gasteiger partial charge in [0.2, 0.25) is 0 Å². The Balaban J connectivity index is 2.68. The van der Waals surface area contributed by atoms with Gasteiger partial charge in [0.1, 0.15) is 6.54 Å². The molecule has 0 aliphatic carbocycles. The maximum Gasteiger partial charge on any atom is 0.322 e. The highest BCUT2D eigenvalue weighted by Crippen LogP contribution is 2.16. The molecule has 0 atom stereocenters. The molecular weight excluding hydrogens is 168 g/mol. The van der Waals surface area contributed by atoms with Crippen LogP contribution < -0.4 is 11.1 Å². The van der Waals surface area contributed by atoms with Gasteiger partial charge in [0.05, 0.1) is 0 Å². The minimum absolute atomic E-state index is 0.0947. The van der Waals surface area contributed by atoms with E-state index in [1.165, 1.54) is 0 Å².